The molecule has 1 aromatic carbocycles. The first-order valence-electron chi connectivity index (χ1n) is 7.72. The summed E-state index contributed by atoms with van der Waals surface area (Å²) >= 11 is 0. The summed E-state index contributed by atoms with van der Waals surface area (Å²) in [5.74, 6) is -1.03. The number of fused-ring (bicyclic) bond motifs is 1. The third-order valence-electron chi connectivity index (χ3n) is 4.46. The third-order valence-corrected chi connectivity index (χ3v) is 6.38. The molecule has 0 spiro atoms. The van der Waals surface area contributed by atoms with E-state index in [2.05, 4.69) is 9.71 Å². The number of aromatic nitrogens is 1. The van der Waals surface area contributed by atoms with Crippen LogP contribution < -0.4 is 9.62 Å². The number of para-hydroxylation sites is 1. The second kappa shape index (κ2) is 6.37. The molecule has 1 saturated heterocycles. The summed E-state index contributed by atoms with van der Waals surface area (Å²) in [6.45, 7) is 0.972. The van der Waals surface area contributed by atoms with Crippen LogP contribution in [-0.2, 0) is 10.0 Å². The first-order chi connectivity index (χ1) is 11.4. The lowest BCUT2D eigenvalue weighted by molar-refractivity contribution is 0.0697. The summed E-state index contributed by atoms with van der Waals surface area (Å²) in [4.78, 5) is 17.8. The van der Waals surface area contributed by atoms with Crippen LogP contribution in [0.15, 0.2) is 30.5 Å². The fraction of sp³-hybridized carbons (Fsp3) is 0.375. The van der Waals surface area contributed by atoms with Crippen molar-refractivity contribution in [2.75, 3.05) is 25.0 Å². The smallest absolute Gasteiger partial charge is 0.339 e. The normalized spacial score (nSPS) is 16.5. The van der Waals surface area contributed by atoms with Gasteiger partial charge in [-0.1, -0.05) is 18.2 Å². The average Bonchev–Trinajstić information content (AvgIpc) is 2.60. The van der Waals surface area contributed by atoms with Crippen LogP contribution in [0, 0.1) is 0 Å². The maximum absolute atomic E-state index is 12.0. The Morgan fingerprint density at radius 2 is 1.96 bits per heavy atom. The largest absolute Gasteiger partial charge is 0.478 e. The number of benzene rings is 1. The molecule has 2 N–H and O–H groups in total. The van der Waals surface area contributed by atoms with E-state index in [1.165, 1.54) is 13.2 Å². The number of piperidine rings is 1. The van der Waals surface area contributed by atoms with Gasteiger partial charge in [0.1, 0.15) is 5.56 Å². The summed E-state index contributed by atoms with van der Waals surface area (Å²) < 4.78 is 26.3. The van der Waals surface area contributed by atoms with Crippen molar-refractivity contribution < 1.29 is 18.3 Å². The Morgan fingerprint density at radius 3 is 2.58 bits per heavy atom. The zero-order valence-electron chi connectivity index (χ0n) is 13.3. The van der Waals surface area contributed by atoms with Gasteiger partial charge in [0.25, 0.3) is 0 Å². The molecule has 1 fully saturated rings. The first kappa shape index (κ1) is 16.7. The Hall–Kier alpha value is -2.19. The fourth-order valence-corrected chi connectivity index (χ4v) is 4.35. The highest BCUT2D eigenvalue weighted by Crippen LogP contribution is 2.32. The van der Waals surface area contributed by atoms with Crippen molar-refractivity contribution in [3.63, 3.8) is 0 Å². The Bertz CT molecular complexity index is 874. The van der Waals surface area contributed by atoms with Gasteiger partial charge >= 0.3 is 5.97 Å². The predicted molar refractivity (Wildman–Crippen MR) is 91.9 cm³/mol. The second-order valence-corrected chi connectivity index (χ2v) is 7.94. The quantitative estimate of drug-likeness (QED) is 0.867. The number of pyridine rings is 1. The van der Waals surface area contributed by atoms with E-state index in [0.717, 1.165) is 10.9 Å². The van der Waals surface area contributed by atoms with E-state index in [0.29, 0.717) is 31.6 Å². The average molecular weight is 349 g/mol. The standard InChI is InChI=1S/C16H19N3O4S/c1-17-24(22,23)11-6-8-19(9-7-11)15-12-4-2-3-5-14(12)18-10-13(15)16(20)21/h2-5,10-11,17H,6-9H2,1H3,(H,20,21). The predicted octanol–water partition coefficient (Wildman–Crippen LogP) is 1.45. The van der Waals surface area contributed by atoms with Gasteiger partial charge in [0, 0.05) is 24.7 Å². The molecule has 8 heteroatoms. The van der Waals surface area contributed by atoms with Crippen LogP contribution in [0.4, 0.5) is 5.69 Å². The van der Waals surface area contributed by atoms with Gasteiger partial charge in [-0.25, -0.2) is 17.9 Å². The molecule has 7 nitrogen and oxygen atoms in total. The van der Waals surface area contributed by atoms with E-state index in [9.17, 15) is 18.3 Å². The maximum atomic E-state index is 12.0. The number of rotatable bonds is 4. The van der Waals surface area contributed by atoms with Gasteiger partial charge in [-0.3, -0.25) is 4.98 Å². The Labute approximate surface area is 140 Å². The van der Waals surface area contributed by atoms with Gasteiger partial charge in [-0.05, 0) is 26.0 Å². The van der Waals surface area contributed by atoms with Crippen LogP contribution in [-0.4, -0.2) is 49.9 Å². The third kappa shape index (κ3) is 2.94. The van der Waals surface area contributed by atoms with Crippen molar-refractivity contribution in [3.8, 4) is 0 Å². The van der Waals surface area contributed by atoms with Gasteiger partial charge < -0.3 is 10.0 Å². The molecule has 1 aliphatic rings. The summed E-state index contributed by atoms with van der Waals surface area (Å²) in [6, 6.07) is 7.38. The molecular formula is C16H19N3O4S. The minimum absolute atomic E-state index is 0.142. The maximum Gasteiger partial charge on any atom is 0.339 e. The SMILES string of the molecule is CNS(=O)(=O)C1CCN(c2c(C(=O)O)cnc3ccccc23)CC1. The minimum atomic E-state index is -3.30. The van der Waals surface area contributed by atoms with Crippen LogP contribution in [0.3, 0.4) is 0 Å². The number of hydrogen-bond donors (Lipinski definition) is 2. The number of sulfonamides is 1. The number of nitrogens with zero attached hydrogens (tertiary/aromatic N) is 2. The van der Waals surface area contributed by atoms with Crippen molar-refractivity contribution in [1.29, 1.82) is 0 Å². The number of hydrogen-bond acceptors (Lipinski definition) is 5. The molecular weight excluding hydrogens is 330 g/mol. The molecule has 1 aromatic heterocycles. The molecule has 0 unspecified atom stereocenters. The number of aromatic carboxylic acids is 1. The van der Waals surface area contributed by atoms with Gasteiger partial charge in [0.05, 0.1) is 16.5 Å². The van der Waals surface area contributed by atoms with Gasteiger partial charge in [-0.2, -0.15) is 0 Å². The monoisotopic (exact) mass is 349 g/mol. The van der Waals surface area contributed by atoms with E-state index in [1.807, 2.05) is 29.2 Å². The molecule has 0 bridgehead atoms. The Kier molecular flexibility index (Phi) is 4.42. The van der Waals surface area contributed by atoms with Crippen molar-refractivity contribution in [1.82, 2.24) is 9.71 Å². The molecule has 3 rings (SSSR count). The molecule has 128 valence electrons. The summed E-state index contributed by atoms with van der Waals surface area (Å²) in [5.41, 5.74) is 1.49. The highest BCUT2D eigenvalue weighted by molar-refractivity contribution is 7.90. The molecule has 0 saturated carbocycles. The molecule has 24 heavy (non-hydrogen) atoms. The minimum Gasteiger partial charge on any atom is -0.478 e. The lowest BCUT2D eigenvalue weighted by Gasteiger charge is -2.34. The van der Waals surface area contributed by atoms with E-state index < -0.39 is 21.2 Å². The van der Waals surface area contributed by atoms with E-state index in [-0.39, 0.29) is 5.56 Å². The van der Waals surface area contributed by atoms with Crippen molar-refractivity contribution >= 4 is 32.6 Å². The molecule has 0 aliphatic carbocycles. The Morgan fingerprint density at radius 1 is 1.29 bits per heavy atom. The van der Waals surface area contributed by atoms with Crippen molar-refractivity contribution in [2.24, 2.45) is 0 Å². The molecule has 2 aromatic rings. The summed E-state index contributed by atoms with van der Waals surface area (Å²) in [6.07, 6.45) is 2.29. The number of nitrogens with one attached hydrogen (secondary N) is 1. The van der Waals surface area contributed by atoms with Gasteiger partial charge in [0.15, 0.2) is 0 Å². The highest BCUT2D eigenvalue weighted by atomic mass is 32.2. The lowest BCUT2D eigenvalue weighted by atomic mass is 10.0. The van der Waals surface area contributed by atoms with E-state index in [1.54, 1.807) is 0 Å². The molecule has 0 radical (unpaired) electrons. The van der Waals surface area contributed by atoms with Crippen LogP contribution in [0.25, 0.3) is 10.9 Å². The first-order valence-corrected chi connectivity index (χ1v) is 9.27. The summed E-state index contributed by atoms with van der Waals surface area (Å²) in [5, 5.41) is 9.83. The van der Waals surface area contributed by atoms with Gasteiger partial charge in [0.2, 0.25) is 10.0 Å². The zero-order valence-corrected chi connectivity index (χ0v) is 14.1. The van der Waals surface area contributed by atoms with Crippen LogP contribution in [0.2, 0.25) is 0 Å². The van der Waals surface area contributed by atoms with Crippen LogP contribution in [0.5, 0.6) is 0 Å². The highest BCUT2D eigenvalue weighted by Gasteiger charge is 2.31. The topological polar surface area (TPSA) is 99.6 Å². The molecule has 0 atom stereocenters. The number of carboxylic acid groups (broad SMARTS) is 1. The number of carboxylic acids is 1. The Balaban J connectivity index is 1.98. The molecule has 0 amide bonds. The van der Waals surface area contributed by atoms with Crippen molar-refractivity contribution in [2.45, 2.75) is 18.1 Å². The zero-order chi connectivity index (χ0) is 17.3. The lowest BCUT2D eigenvalue weighted by Crippen LogP contribution is -2.43. The fourth-order valence-electron chi connectivity index (χ4n) is 3.18. The van der Waals surface area contributed by atoms with E-state index >= 15 is 0 Å². The molecule has 1 aliphatic heterocycles. The van der Waals surface area contributed by atoms with Crippen molar-refractivity contribution in [3.05, 3.63) is 36.0 Å². The van der Waals surface area contributed by atoms with E-state index in [4.69, 9.17) is 0 Å². The number of anilines is 1. The summed E-state index contributed by atoms with van der Waals surface area (Å²) in [7, 11) is -1.88. The molecule has 2 heterocycles. The number of carbonyl (C=O) groups is 1. The van der Waals surface area contributed by atoms with Gasteiger partial charge in [-0.15, -0.1) is 0 Å². The second-order valence-electron chi connectivity index (χ2n) is 5.78. The van der Waals surface area contributed by atoms with Crippen LogP contribution >= 0.6 is 0 Å². The van der Waals surface area contributed by atoms with Crippen LogP contribution in [0.1, 0.15) is 23.2 Å².